The number of aromatic nitrogens is 5. The molecule has 0 saturated carbocycles. The molecule has 0 aromatic carbocycles. The van der Waals surface area contributed by atoms with Crippen LogP contribution in [0.3, 0.4) is 0 Å². The van der Waals surface area contributed by atoms with E-state index in [4.69, 9.17) is 0 Å². The Balaban J connectivity index is 1.41. The summed E-state index contributed by atoms with van der Waals surface area (Å²) in [6.07, 6.45) is 7.23. The number of amides is 1. The number of likely N-dealkylation sites (tertiary alicyclic amines) is 1. The van der Waals surface area contributed by atoms with Crippen LogP contribution in [0.4, 0.5) is 0 Å². The van der Waals surface area contributed by atoms with Crippen LogP contribution in [0.25, 0.3) is 0 Å². The molecule has 1 aliphatic heterocycles. The molecule has 0 unspecified atom stereocenters. The quantitative estimate of drug-likeness (QED) is 0.718. The van der Waals surface area contributed by atoms with Crippen molar-refractivity contribution in [1.29, 1.82) is 0 Å². The van der Waals surface area contributed by atoms with Gasteiger partial charge < -0.3 is 9.47 Å². The average Bonchev–Trinajstić information content (AvgIpc) is 3.34. The first kappa shape index (κ1) is 15.9. The van der Waals surface area contributed by atoms with Crippen LogP contribution in [-0.2, 0) is 6.54 Å². The van der Waals surface area contributed by atoms with Crippen LogP contribution in [0.5, 0.6) is 0 Å². The lowest BCUT2D eigenvalue weighted by Gasteiger charge is -2.31. The second-order valence-corrected chi connectivity index (χ2v) is 6.79. The predicted octanol–water partition coefficient (Wildman–Crippen LogP) is 2.20. The third-order valence-corrected chi connectivity index (χ3v) is 5.14. The molecule has 128 valence electrons. The van der Waals surface area contributed by atoms with Gasteiger partial charge >= 0.3 is 0 Å². The van der Waals surface area contributed by atoms with Gasteiger partial charge in [-0.05, 0) is 25.0 Å². The number of hydrogen-bond donors (Lipinski definition) is 0. The monoisotopic (exact) mass is 354 g/mol. The lowest BCUT2D eigenvalue weighted by atomic mass is 9.95. The van der Waals surface area contributed by atoms with E-state index < -0.39 is 0 Å². The maximum absolute atomic E-state index is 12.5. The molecule has 0 aliphatic carbocycles. The zero-order valence-electron chi connectivity index (χ0n) is 13.7. The van der Waals surface area contributed by atoms with Crippen molar-refractivity contribution in [2.45, 2.75) is 25.3 Å². The summed E-state index contributed by atoms with van der Waals surface area (Å²) in [7, 11) is 0. The van der Waals surface area contributed by atoms with Crippen LogP contribution in [0, 0.1) is 0 Å². The third kappa shape index (κ3) is 3.43. The first-order valence-electron chi connectivity index (χ1n) is 8.26. The van der Waals surface area contributed by atoms with Crippen LogP contribution >= 0.6 is 11.3 Å². The minimum atomic E-state index is -0.0441. The Hall–Kier alpha value is -2.61. The summed E-state index contributed by atoms with van der Waals surface area (Å²) in [5, 5.41) is 9.76. The zero-order chi connectivity index (χ0) is 17.1. The van der Waals surface area contributed by atoms with Crippen molar-refractivity contribution in [2.24, 2.45) is 0 Å². The standard InChI is InChI=1S/C17H18N6OS/c24-17(15-2-1-5-20-21-15)22-7-3-13(4-8-22)16-18-6-9-23(16)10-14-11-25-12-19-14/h1-2,5-6,9,11-13H,3-4,7-8,10H2. The molecule has 25 heavy (non-hydrogen) atoms. The fourth-order valence-corrected chi connectivity index (χ4v) is 3.77. The second-order valence-electron chi connectivity index (χ2n) is 6.07. The van der Waals surface area contributed by atoms with Crippen molar-refractivity contribution in [1.82, 2.24) is 29.6 Å². The van der Waals surface area contributed by atoms with E-state index in [1.165, 1.54) is 0 Å². The summed E-state index contributed by atoms with van der Waals surface area (Å²) in [5.74, 6) is 1.40. The van der Waals surface area contributed by atoms with Gasteiger partial charge in [0.25, 0.3) is 5.91 Å². The summed E-state index contributed by atoms with van der Waals surface area (Å²) in [6, 6.07) is 3.45. The lowest BCUT2D eigenvalue weighted by molar-refractivity contribution is 0.0703. The number of nitrogens with zero attached hydrogens (tertiary/aromatic N) is 6. The van der Waals surface area contributed by atoms with Crippen LogP contribution in [0.2, 0.25) is 0 Å². The van der Waals surface area contributed by atoms with E-state index in [9.17, 15) is 4.79 Å². The highest BCUT2D eigenvalue weighted by Gasteiger charge is 2.27. The van der Waals surface area contributed by atoms with Crippen molar-refractivity contribution in [3.63, 3.8) is 0 Å². The highest BCUT2D eigenvalue weighted by molar-refractivity contribution is 7.07. The molecule has 0 radical (unpaired) electrons. The molecule has 1 fully saturated rings. The molecule has 4 rings (SSSR count). The first-order chi connectivity index (χ1) is 12.3. The van der Waals surface area contributed by atoms with E-state index in [0.29, 0.717) is 24.7 Å². The van der Waals surface area contributed by atoms with Gasteiger partial charge in [-0.2, -0.15) is 5.10 Å². The van der Waals surface area contributed by atoms with E-state index in [0.717, 1.165) is 30.9 Å². The van der Waals surface area contributed by atoms with Crippen LogP contribution in [-0.4, -0.2) is 48.6 Å². The molecule has 8 heteroatoms. The van der Waals surface area contributed by atoms with E-state index in [1.807, 2.05) is 22.8 Å². The number of imidazole rings is 1. The Kier molecular flexibility index (Phi) is 4.51. The van der Waals surface area contributed by atoms with Crippen LogP contribution in [0.15, 0.2) is 41.6 Å². The van der Waals surface area contributed by atoms with E-state index in [2.05, 4.69) is 30.1 Å². The highest BCUT2D eigenvalue weighted by Crippen LogP contribution is 2.28. The molecular formula is C17H18N6OS. The Morgan fingerprint density at radius 3 is 2.84 bits per heavy atom. The van der Waals surface area contributed by atoms with E-state index >= 15 is 0 Å². The van der Waals surface area contributed by atoms with Gasteiger partial charge in [0.1, 0.15) is 5.82 Å². The van der Waals surface area contributed by atoms with Crippen molar-refractivity contribution >= 4 is 17.2 Å². The maximum atomic E-state index is 12.5. The van der Waals surface area contributed by atoms with Gasteiger partial charge in [0.05, 0.1) is 17.7 Å². The third-order valence-electron chi connectivity index (χ3n) is 4.50. The van der Waals surface area contributed by atoms with Crippen molar-refractivity contribution in [3.8, 4) is 0 Å². The average molecular weight is 354 g/mol. The number of piperidine rings is 1. The van der Waals surface area contributed by atoms with Crippen molar-refractivity contribution in [2.75, 3.05) is 13.1 Å². The molecule has 0 spiro atoms. The van der Waals surface area contributed by atoms with Crippen LogP contribution < -0.4 is 0 Å². The van der Waals surface area contributed by atoms with Gasteiger partial charge in [-0.1, -0.05) is 0 Å². The second kappa shape index (κ2) is 7.10. The minimum Gasteiger partial charge on any atom is -0.337 e. The molecule has 3 aromatic heterocycles. The number of carbonyl (C=O) groups excluding carboxylic acids is 1. The molecule has 1 saturated heterocycles. The summed E-state index contributed by atoms with van der Waals surface area (Å²) < 4.78 is 2.17. The van der Waals surface area contributed by atoms with Gasteiger partial charge in [-0.15, -0.1) is 16.4 Å². The fourth-order valence-electron chi connectivity index (χ4n) is 3.22. The first-order valence-corrected chi connectivity index (χ1v) is 9.20. The molecule has 0 bridgehead atoms. The van der Waals surface area contributed by atoms with Crippen molar-refractivity contribution < 1.29 is 4.79 Å². The maximum Gasteiger partial charge on any atom is 0.274 e. The predicted molar refractivity (Wildman–Crippen MR) is 93.4 cm³/mol. The Morgan fingerprint density at radius 1 is 1.24 bits per heavy atom. The molecule has 4 heterocycles. The SMILES string of the molecule is O=C(c1cccnn1)N1CCC(c2nccn2Cc2cscn2)CC1. The Labute approximate surface area is 149 Å². The fraction of sp³-hybridized carbons (Fsp3) is 0.353. The van der Waals surface area contributed by atoms with Gasteiger partial charge in [0.2, 0.25) is 0 Å². The lowest BCUT2D eigenvalue weighted by Crippen LogP contribution is -2.38. The van der Waals surface area contributed by atoms with Crippen LogP contribution in [0.1, 0.15) is 40.8 Å². The van der Waals surface area contributed by atoms with Gasteiger partial charge in [-0.25, -0.2) is 9.97 Å². The topological polar surface area (TPSA) is 76.8 Å². The Bertz CT molecular complexity index is 824. The highest BCUT2D eigenvalue weighted by atomic mass is 32.1. The summed E-state index contributed by atoms with van der Waals surface area (Å²) >= 11 is 1.60. The molecule has 0 N–H and O–H groups in total. The molecule has 1 aliphatic rings. The molecule has 7 nitrogen and oxygen atoms in total. The molecule has 1 amide bonds. The smallest absolute Gasteiger partial charge is 0.274 e. The number of thiazole rings is 1. The minimum absolute atomic E-state index is 0.0441. The zero-order valence-corrected chi connectivity index (χ0v) is 14.5. The summed E-state index contributed by atoms with van der Waals surface area (Å²) in [4.78, 5) is 23.2. The largest absolute Gasteiger partial charge is 0.337 e. The number of hydrogen-bond acceptors (Lipinski definition) is 6. The van der Waals surface area contributed by atoms with Gasteiger partial charge in [0.15, 0.2) is 5.69 Å². The molecule has 3 aromatic rings. The number of carbonyl (C=O) groups is 1. The Morgan fingerprint density at radius 2 is 2.12 bits per heavy atom. The van der Waals surface area contributed by atoms with Crippen molar-refractivity contribution in [3.05, 3.63) is 58.8 Å². The van der Waals surface area contributed by atoms with E-state index in [1.54, 1.807) is 29.7 Å². The normalized spacial score (nSPS) is 15.4. The molecule has 0 atom stereocenters. The molecular weight excluding hydrogens is 336 g/mol. The summed E-state index contributed by atoms with van der Waals surface area (Å²) in [5.41, 5.74) is 3.31. The number of rotatable bonds is 4. The van der Waals surface area contributed by atoms with Gasteiger partial charge in [-0.3, -0.25) is 4.79 Å². The summed E-state index contributed by atoms with van der Waals surface area (Å²) in [6.45, 7) is 2.17. The van der Waals surface area contributed by atoms with E-state index in [-0.39, 0.29) is 5.91 Å². The van der Waals surface area contributed by atoms with Gasteiger partial charge in [0, 0.05) is 43.0 Å².